The second kappa shape index (κ2) is 6.90. The third kappa shape index (κ3) is 3.21. The summed E-state index contributed by atoms with van der Waals surface area (Å²) in [5, 5.41) is 4.36. The second-order valence-corrected chi connectivity index (χ2v) is 7.12. The fraction of sp³-hybridized carbons (Fsp3) is 0.474. The number of likely N-dealkylation sites (tertiary alicyclic amines) is 1. The normalized spacial score (nSPS) is 20.2. The molecule has 2 amide bonds. The van der Waals surface area contributed by atoms with Gasteiger partial charge >= 0.3 is 0 Å². The van der Waals surface area contributed by atoms with E-state index in [-0.39, 0.29) is 17.9 Å². The molecule has 0 spiro atoms. The van der Waals surface area contributed by atoms with Crippen molar-refractivity contribution in [1.82, 2.24) is 24.6 Å². The number of fused-ring (bicyclic) bond motifs is 1. The third-order valence-electron chi connectivity index (χ3n) is 5.24. The van der Waals surface area contributed by atoms with Crippen molar-refractivity contribution in [1.29, 1.82) is 0 Å². The fourth-order valence-corrected chi connectivity index (χ4v) is 3.84. The molecule has 0 bridgehead atoms. The van der Waals surface area contributed by atoms with E-state index < -0.39 is 0 Å². The van der Waals surface area contributed by atoms with E-state index in [2.05, 4.69) is 10.1 Å². The Morgan fingerprint density at radius 2 is 2.19 bits per heavy atom. The van der Waals surface area contributed by atoms with E-state index >= 15 is 0 Å². The lowest BCUT2D eigenvalue weighted by Crippen LogP contribution is -2.46. The average molecular weight is 353 g/mol. The van der Waals surface area contributed by atoms with E-state index in [1.54, 1.807) is 18.6 Å². The van der Waals surface area contributed by atoms with Crippen LogP contribution < -0.4 is 0 Å². The van der Waals surface area contributed by atoms with Crippen LogP contribution in [0.3, 0.4) is 0 Å². The zero-order valence-electron chi connectivity index (χ0n) is 15.0. The van der Waals surface area contributed by atoms with Crippen LogP contribution in [0.15, 0.2) is 30.7 Å². The van der Waals surface area contributed by atoms with Gasteiger partial charge < -0.3 is 9.80 Å². The summed E-state index contributed by atoms with van der Waals surface area (Å²) in [6.45, 7) is 4.56. The molecule has 136 valence electrons. The van der Waals surface area contributed by atoms with Gasteiger partial charge in [0.2, 0.25) is 5.91 Å². The highest BCUT2D eigenvalue weighted by atomic mass is 16.2. The van der Waals surface area contributed by atoms with E-state index in [1.807, 2.05) is 33.5 Å². The average Bonchev–Trinajstić information content (AvgIpc) is 3.21. The summed E-state index contributed by atoms with van der Waals surface area (Å²) in [6.07, 6.45) is 7.44. The van der Waals surface area contributed by atoms with Crippen molar-refractivity contribution in [3.63, 3.8) is 0 Å². The van der Waals surface area contributed by atoms with Crippen LogP contribution >= 0.6 is 0 Å². The molecule has 2 aliphatic heterocycles. The predicted molar refractivity (Wildman–Crippen MR) is 95.3 cm³/mol. The lowest BCUT2D eigenvalue weighted by Gasteiger charge is -2.32. The molecule has 1 atom stereocenters. The molecule has 2 aromatic rings. The maximum Gasteiger partial charge on any atom is 0.256 e. The summed E-state index contributed by atoms with van der Waals surface area (Å²) in [6, 6.07) is 3.81. The molecule has 1 saturated heterocycles. The Kier molecular flexibility index (Phi) is 4.44. The van der Waals surface area contributed by atoms with Crippen LogP contribution in [0.2, 0.25) is 0 Å². The molecule has 0 aromatic carbocycles. The molecular weight excluding hydrogens is 330 g/mol. The van der Waals surface area contributed by atoms with Crippen LogP contribution in [0, 0.1) is 6.92 Å². The van der Waals surface area contributed by atoms with E-state index in [0.717, 1.165) is 37.2 Å². The molecule has 0 saturated carbocycles. The van der Waals surface area contributed by atoms with Gasteiger partial charge in [-0.1, -0.05) is 0 Å². The number of aryl methyl sites for hydroxylation is 2. The fourth-order valence-electron chi connectivity index (χ4n) is 3.84. The Morgan fingerprint density at radius 1 is 1.31 bits per heavy atom. The highest BCUT2D eigenvalue weighted by Gasteiger charge is 2.32. The zero-order chi connectivity index (χ0) is 18.1. The summed E-state index contributed by atoms with van der Waals surface area (Å²) in [5.74, 6) is 0.157. The molecule has 0 aliphatic carbocycles. The van der Waals surface area contributed by atoms with Gasteiger partial charge in [-0.3, -0.25) is 19.3 Å². The van der Waals surface area contributed by atoms with Crippen LogP contribution in [0.5, 0.6) is 0 Å². The van der Waals surface area contributed by atoms with E-state index in [4.69, 9.17) is 0 Å². The zero-order valence-corrected chi connectivity index (χ0v) is 15.0. The van der Waals surface area contributed by atoms with Crippen LogP contribution in [0.25, 0.3) is 0 Å². The first kappa shape index (κ1) is 16.8. The largest absolute Gasteiger partial charge is 0.341 e. The van der Waals surface area contributed by atoms with Gasteiger partial charge in [0.15, 0.2) is 0 Å². The molecule has 2 aliphatic rings. The van der Waals surface area contributed by atoms with Crippen LogP contribution in [0.4, 0.5) is 0 Å². The Bertz CT molecular complexity index is 831. The molecule has 2 aromatic heterocycles. The minimum absolute atomic E-state index is 0.0215. The predicted octanol–water partition coefficient (Wildman–Crippen LogP) is 1.62. The summed E-state index contributed by atoms with van der Waals surface area (Å²) in [4.78, 5) is 33.3. The van der Waals surface area contributed by atoms with Gasteiger partial charge in [0, 0.05) is 44.6 Å². The third-order valence-corrected chi connectivity index (χ3v) is 5.24. The van der Waals surface area contributed by atoms with Gasteiger partial charge in [0.05, 0.1) is 23.8 Å². The molecule has 7 heteroatoms. The van der Waals surface area contributed by atoms with Gasteiger partial charge in [-0.2, -0.15) is 5.10 Å². The minimum Gasteiger partial charge on any atom is -0.341 e. The number of pyridine rings is 1. The smallest absolute Gasteiger partial charge is 0.256 e. The van der Waals surface area contributed by atoms with Crippen molar-refractivity contribution in [3.05, 3.63) is 47.5 Å². The van der Waals surface area contributed by atoms with Gasteiger partial charge in [0.1, 0.15) is 0 Å². The first-order valence-electron chi connectivity index (χ1n) is 9.13. The maximum atomic E-state index is 13.3. The number of hydrogen-bond donors (Lipinski definition) is 0. The van der Waals surface area contributed by atoms with Crippen molar-refractivity contribution >= 4 is 11.8 Å². The molecule has 0 radical (unpaired) electrons. The van der Waals surface area contributed by atoms with E-state index in [0.29, 0.717) is 25.1 Å². The van der Waals surface area contributed by atoms with Crippen LogP contribution in [0.1, 0.15) is 40.9 Å². The molecule has 4 rings (SSSR count). The summed E-state index contributed by atoms with van der Waals surface area (Å²) < 4.78 is 1.96. The maximum absolute atomic E-state index is 13.3. The number of rotatable bonds is 3. The standard InChI is InChI=1S/C19H23N5O2/c1-14-9-15(11-20-10-14)19(26)23-13-17-4-6-21-24(17)8-5-16(23)12-22-7-2-3-18(22)25/h4,6,9-11,16H,2-3,5,7-8,12-13H2,1H3. The summed E-state index contributed by atoms with van der Waals surface area (Å²) in [7, 11) is 0. The monoisotopic (exact) mass is 353 g/mol. The molecular formula is C19H23N5O2. The van der Waals surface area contributed by atoms with Gasteiger partial charge in [-0.25, -0.2) is 0 Å². The van der Waals surface area contributed by atoms with Gasteiger partial charge in [0.25, 0.3) is 5.91 Å². The van der Waals surface area contributed by atoms with Crippen LogP contribution in [-0.4, -0.2) is 55.5 Å². The summed E-state index contributed by atoms with van der Waals surface area (Å²) in [5.41, 5.74) is 2.58. The Morgan fingerprint density at radius 3 is 2.96 bits per heavy atom. The summed E-state index contributed by atoms with van der Waals surface area (Å²) >= 11 is 0. The Balaban J connectivity index is 1.63. The first-order valence-corrected chi connectivity index (χ1v) is 9.13. The number of amides is 2. The molecule has 0 N–H and O–H groups in total. The van der Waals surface area contributed by atoms with E-state index in [9.17, 15) is 9.59 Å². The van der Waals surface area contributed by atoms with Gasteiger partial charge in [-0.15, -0.1) is 0 Å². The minimum atomic E-state index is -0.0347. The number of carbonyl (C=O) groups excluding carboxylic acids is 2. The second-order valence-electron chi connectivity index (χ2n) is 7.12. The van der Waals surface area contributed by atoms with Crippen molar-refractivity contribution in [2.24, 2.45) is 0 Å². The van der Waals surface area contributed by atoms with Crippen molar-refractivity contribution in [2.45, 2.75) is 45.3 Å². The van der Waals surface area contributed by atoms with Crippen molar-refractivity contribution in [3.8, 4) is 0 Å². The van der Waals surface area contributed by atoms with Gasteiger partial charge in [-0.05, 0) is 37.5 Å². The highest BCUT2D eigenvalue weighted by molar-refractivity contribution is 5.94. The number of hydrogen-bond acceptors (Lipinski definition) is 4. The van der Waals surface area contributed by atoms with Crippen LogP contribution in [-0.2, 0) is 17.9 Å². The Labute approximate surface area is 152 Å². The SMILES string of the molecule is Cc1cncc(C(=O)N2Cc3ccnn3CCC2CN2CCCC2=O)c1. The molecule has 7 nitrogen and oxygen atoms in total. The quantitative estimate of drug-likeness (QED) is 0.841. The molecule has 1 fully saturated rings. The lowest BCUT2D eigenvalue weighted by atomic mass is 10.1. The highest BCUT2D eigenvalue weighted by Crippen LogP contribution is 2.22. The topological polar surface area (TPSA) is 71.3 Å². The Hall–Kier alpha value is -2.70. The number of nitrogens with zero attached hydrogens (tertiary/aromatic N) is 5. The molecule has 26 heavy (non-hydrogen) atoms. The van der Waals surface area contributed by atoms with Crippen molar-refractivity contribution in [2.75, 3.05) is 13.1 Å². The lowest BCUT2D eigenvalue weighted by molar-refractivity contribution is -0.128. The molecule has 1 unspecified atom stereocenters. The first-order chi connectivity index (χ1) is 12.6. The van der Waals surface area contributed by atoms with Crippen molar-refractivity contribution < 1.29 is 9.59 Å². The number of carbonyl (C=O) groups is 2. The molecule has 4 heterocycles. The number of aromatic nitrogens is 3. The van der Waals surface area contributed by atoms with E-state index in [1.165, 1.54) is 0 Å².